The molecule has 10 nitrogen and oxygen atoms in total. The van der Waals surface area contributed by atoms with Crippen molar-refractivity contribution in [3.63, 3.8) is 0 Å². The second-order valence-electron chi connectivity index (χ2n) is 14.1. The summed E-state index contributed by atoms with van der Waals surface area (Å²) in [6.07, 6.45) is 36.2. The van der Waals surface area contributed by atoms with Gasteiger partial charge in [-0.05, 0) is 64.2 Å². The standard InChI is InChI=1S/C45H74O10/c1-3-5-7-9-11-13-15-17-19-21-23-25-27-29-31-33-40(47)52-36-38(37-53-45-44(51)43(50)42(49)39(35-46)55-45)54-41(48)34-32-30-28-26-24-22-20-18-16-14-12-10-8-6-4-2/h5,7,9,11-15,17-20,38-39,42-46,49-51H,3-4,6,8,10,16,21-37H2,1-2H3/b7-5+,11-9+,14-12+,15-13+,19-17+,20-18+/t38-,39-,42+,43?,44?,45-/m0/s1. The monoisotopic (exact) mass is 775 g/mol. The molecular weight excluding hydrogens is 700 g/mol. The van der Waals surface area contributed by atoms with E-state index in [9.17, 15) is 30.0 Å². The Bertz CT molecular complexity index is 1120. The minimum atomic E-state index is -1.60. The molecule has 10 heteroatoms. The van der Waals surface area contributed by atoms with Crippen LogP contribution in [0.4, 0.5) is 0 Å². The van der Waals surface area contributed by atoms with E-state index in [1.165, 1.54) is 19.3 Å². The molecule has 1 fully saturated rings. The quantitative estimate of drug-likeness (QED) is 0.0221. The van der Waals surface area contributed by atoms with E-state index >= 15 is 0 Å². The molecule has 0 aromatic heterocycles. The summed E-state index contributed by atoms with van der Waals surface area (Å²) in [5.41, 5.74) is 0. The topological polar surface area (TPSA) is 152 Å². The highest BCUT2D eigenvalue weighted by molar-refractivity contribution is 5.70. The maximum Gasteiger partial charge on any atom is 0.306 e. The van der Waals surface area contributed by atoms with E-state index in [1.807, 2.05) is 30.4 Å². The zero-order chi connectivity index (χ0) is 40.2. The molecule has 0 radical (unpaired) electrons. The first-order chi connectivity index (χ1) is 26.8. The molecule has 1 aliphatic rings. The van der Waals surface area contributed by atoms with Crippen LogP contribution >= 0.6 is 0 Å². The Morgan fingerprint density at radius 1 is 0.600 bits per heavy atom. The van der Waals surface area contributed by atoms with Gasteiger partial charge in [-0.25, -0.2) is 0 Å². The summed E-state index contributed by atoms with van der Waals surface area (Å²) >= 11 is 0. The van der Waals surface area contributed by atoms with Gasteiger partial charge in [-0.3, -0.25) is 9.59 Å². The molecule has 6 atom stereocenters. The molecule has 0 saturated carbocycles. The molecular formula is C45H74O10. The van der Waals surface area contributed by atoms with Crippen molar-refractivity contribution >= 4 is 11.9 Å². The second kappa shape index (κ2) is 35.5. The zero-order valence-corrected chi connectivity index (χ0v) is 33.9. The Hall–Kier alpha value is -2.86. The third kappa shape index (κ3) is 27.4. The first kappa shape index (κ1) is 50.2. The van der Waals surface area contributed by atoms with E-state index in [2.05, 4.69) is 56.4 Å². The van der Waals surface area contributed by atoms with Crippen LogP contribution in [0.5, 0.6) is 0 Å². The molecule has 55 heavy (non-hydrogen) atoms. The van der Waals surface area contributed by atoms with Gasteiger partial charge in [-0.15, -0.1) is 0 Å². The first-order valence-electron chi connectivity index (χ1n) is 21.1. The van der Waals surface area contributed by atoms with E-state index in [4.69, 9.17) is 18.9 Å². The average molecular weight is 775 g/mol. The maximum atomic E-state index is 12.7. The summed E-state index contributed by atoms with van der Waals surface area (Å²) < 4.78 is 22.1. The molecule has 1 saturated heterocycles. The van der Waals surface area contributed by atoms with E-state index in [0.29, 0.717) is 12.8 Å². The summed E-state index contributed by atoms with van der Waals surface area (Å²) in [4.78, 5) is 25.3. The van der Waals surface area contributed by atoms with Crippen molar-refractivity contribution < 1.29 is 49.0 Å². The number of hydrogen-bond donors (Lipinski definition) is 4. The summed E-state index contributed by atoms with van der Waals surface area (Å²) in [5, 5.41) is 40.0. The zero-order valence-electron chi connectivity index (χ0n) is 33.9. The number of esters is 2. The molecule has 0 aromatic carbocycles. The van der Waals surface area contributed by atoms with E-state index < -0.39 is 55.4 Å². The Morgan fingerprint density at radius 2 is 1.15 bits per heavy atom. The van der Waals surface area contributed by atoms with Gasteiger partial charge in [0.1, 0.15) is 31.0 Å². The third-order valence-electron chi connectivity index (χ3n) is 9.17. The number of rotatable bonds is 33. The highest BCUT2D eigenvalue weighted by Crippen LogP contribution is 2.22. The molecule has 0 amide bonds. The fraction of sp³-hybridized carbons (Fsp3) is 0.689. The van der Waals surface area contributed by atoms with E-state index in [0.717, 1.165) is 83.5 Å². The van der Waals surface area contributed by atoms with Crippen LogP contribution in [-0.4, -0.2) is 89.0 Å². The fourth-order valence-corrected chi connectivity index (χ4v) is 5.81. The molecule has 314 valence electrons. The third-order valence-corrected chi connectivity index (χ3v) is 9.17. The molecule has 0 aromatic rings. The number of ether oxygens (including phenoxy) is 4. The molecule has 2 unspecified atom stereocenters. The normalized spacial score (nSPS) is 21.3. The lowest BCUT2D eigenvalue weighted by atomic mass is 9.99. The van der Waals surface area contributed by atoms with Crippen LogP contribution in [0, 0.1) is 0 Å². The number of aliphatic hydroxyl groups excluding tert-OH is 4. The lowest BCUT2D eigenvalue weighted by Gasteiger charge is -2.39. The Balaban J connectivity index is 2.40. The summed E-state index contributed by atoms with van der Waals surface area (Å²) in [6, 6.07) is 0. The van der Waals surface area contributed by atoms with Crippen molar-refractivity contribution in [1.29, 1.82) is 0 Å². The summed E-state index contributed by atoms with van der Waals surface area (Å²) in [5.74, 6) is -0.858. The van der Waals surface area contributed by atoms with Gasteiger partial charge in [-0.2, -0.15) is 0 Å². The molecule has 4 N–H and O–H groups in total. The Morgan fingerprint density at radius 3 is 1.76 bits per heavy atom. The minimum Gasteiger partial charge on any atom is -0.462 e. The van der Waals surface area contributed by atoms with Crippen LogP contribution in [0.3, 0.4) is 0 Å². The fourth-order valence-electron chi connectivity index (χ4n) is 5.81. The van der Waals surface area contributed by atoms with E-state index in [-0.39, 0.29) is 26.1 Å². The van der Waals surface area contributed by atoms with Gasteiger partial charge < -0.3 is 39.4 Å². The highest BCUT2D eigenvalue weighted by Gasteiger charge is 2.44. The predicted molar refractivity (Wildman–Crippen MR) is 219 cm³/mol. The Labute approximate surface area is 332 Å². The van der Waals surface area contributed by atoms with Crippen molar-refractivity contribution in [2.24, 2.45) is 0 Å². The average Bonchev–Trinajstić information content (AvgIpc) is 3.18. The highest BCUT2D eigenvalue weighted by atomic mass is 16.7. The number of allylic oxidation sites excluding steroid dienone is 12. The van der Waals surface area contributed by atoms with Gasteiger partial charge in [-0.1, -0.05) is 138 Å². The molecule has 1 aliphatic heterocycles. The van der Waals surface area contributed by atoms with Gasteiger partial charge in [0.15, 0.2) is 12.4 Å². The van der Waals surface area contributed by atoms with Gasteiger partial charge in [0.2, 0.25) is 0 Å². The van der Waals surface area contributed by atoms with Crippen molar-refractivity contribution in [2.75, 3.05) is 19.8 Å². The number of unbranched alkanes of at least 4 members (excludes halogenated alkanes) is 13. The lowest BCUT2D eigenvalue weighted by Crippen LogP contribution is -2.59. The van der Waals surface area contributed by atoms with Crippen LogP contribution < -0.4 is 0 Å². The smallest absolute Gasteiger partial charge is 0.306 e. The molecule has 0 spiro atoms. The van der Waals surface area contributed by atoms with Gasteiger partial charge in [0, 0.05) is 12.8 Å². The Kier molecular flexibility index (Phi) is 32.4. The number of aliphatic hydroxyl groups is 4. The number of carbonyl (C=O) groups is 2. The van der Waals surface area contributed by atoms with Crippen molar-refractivity contribution in [1.82, 2.24) is 0 Å². The number of carbonyl (C=O) groups excluding carboxylic acids is 2. The van der Waals surface area contributed by atoms with Crippen molar-refractivity contribution in [3.8, 4) is 0 Å². The second-order valence-corrected chi connectivity index (χ2v) is 14.1. The van der Waals surface area contributed by atoms with Crippen LogP contribution in [0.25, 0.3) is 0 Å². The molecule has 1 heterocycles. The first-order valence-corrected chi connectivity index (χ1v) is 21.1. The molecule has 0 bridgehead atoms. The largest absolute Gasteiger partial charge is 0.462 e. The maximum absolute atomic E-state index is 12.7. The SMILES string of the molecule is CC/C=C/C=C/C=C/C=C/CCCCCCCC(=O)OC[C@@H](CO[C@H]1O[C@@H](CO)[C@@H](O)C(O)C1O)OC(=O)CCCCCCC/C=C/C/C=C/CCCCC. The van der Waals surface area contributed by atoms with E-state index in [1.54, 1.807) is 0 Å². The number of hydrogen-bond acceptors (Lipinski definition) is 10. The molecule has 1 rings (SSSR count). The molecule has 0 aliphatic carbocycles. The van der Waals surface area contributed by atoms with Crippen LogP contribution in [0.1, 0.15) is 142 Å². The summed E-state index contributed by atoms with van der Waals surface area (Å²) in [7, 11) is 0. The summed E-state index contributed by atoms with van der Waals surface area (Å²) in [6.45, 7) is 3.19. The van der Waals surface area contributed by atoms with Crippen LogP contribution in [0.2, 0.25) is 0 Å². The van der Waals surface area contributed by atoms with Gasteiger partial charge >= 0.3 is 11.9 Å². The predicted octanol–water partition coefficient (Wildman–Crippen LogP) is 8.44. The van der Waals surface area contributed by atoms with Crippen LogP contribution in [0.15, 0.2) is 72.9 Å². The van der Waals surface area contributed by atoms with Crippen molar-refractivity contribution in [2.45, 2.75) is 179 Å². The van der Waals surface area contributed by atoms with Gasteiger partial charge in [0.25, 0.3) is 0 Å². The van der Waals surface area contributed by atoms with Gasteiger partial charge in [0.05, 0.1) is 13.2 Å². The van der Waals surface area contributed by atoms with Crippen LogP contribution in [-0.2, 0) is 28.5 Å². The van der Waals surface area contributed by atoms with Crippen molar-refractivity contribution in [3.05, 3.63) is 72.9 Å². The minimum absolute atomic E-state index is 0.204. The lowest BCUT2D eigenvalue weighted by molar-refractivity contribution is -0.305.